The normalized spacial score (nSPS) is 16.5. The van der Waals surface area contributed by atoms with Crippen LogP contribution in [0.3, 0.4) is 0 Å². The van der Waals surface area contributed by atoms with Gasteiger partial charge < -0.3 is 9.47 Å². The van der Waals surface area contributed by atoms with Gasteiger partial charge in [-0.15, -0.1) is 0 Å². The van der Waals surface area contributed by atoms with Gasteiger partial charge in [0.2, 0.25) is 0 Å². The van der Waals surface area contributed by atoms with Gasteiger partial charge in [0, 0.05) is 18.7 Å². The van der Waals surface area contributed by atoms with Crippen molar-refractivity contribution in [2.45, 2.75) is 33.6 Å². The van der Waals surface area contributed by atoms with Crippen LogP contribution in [-0.4, -0.2) is 43.7 Å². The molecular formula is C26H31F2NO3. The fourth-order valence-corrected chi connectivity index (χ4v) is 4.17. The van der Waals surface area contributed by atoms with E-state index in [-0.39, 0.29) is 23.5 Å². The Bertz CT molecular complexity index is 920. The molecule has 172 valence electrons. The van der Waals surface area contributed by atoms with E-state index in [1.165, 1.54) is 24.3 Å². The zero-order valence-electron chi connectivity index (χ0n) is 19.0. The fraction of sp³-hybridized carbons (Fsp3) is 0.423. The van der Waals surface area contributed by atoms with Crippen LogP contribution in [0.2, 0.25) is 0 Å². The van der Waals surface area contributed by atoms with Crippen LogP contribution in [0, 0.1) is 31.4 Å². The second-order valence-corrected chi connectivity index (χ2v) is 8.21. The number of piperidine rings is 1. The van der Waals surface area contributed by atoms with E-state index in [1.807, 2.05) is 20.8 Å². The molecule has 0 aromatic heterocycles. The molecule has 6 heteroatoms. The molecule has 0 N–H and O–H groups in total. The molecule has 0 unspecified atom stereocenters. The number of esters is 1. The molecule has 1 aliphatic heterocycles. The van der Waals surface area contributed by atoms with Crippen molar-refractivity contribution in [1.82, 2.24) is 4.90 Å². The lowest BCUT2D eigenvalue weighted by Gasteiger charge is -2.31. The first kappa shape index (κ1) is 23.9. The van der Waals surface area contributed by atoms with Crippen LogP contribution in [0.1, 0.15) is 42.0 Å². The van der Waals surface area contributed by atoms with E-state index in [4.69, 9.17) is 9.47 Å². The summed E-state index contributed by atoms with van der Waals surface area (Å²) in [5, 5.41) is 0. The zero-order valence-corrected chi connectivity index (χ0v) is 19.0. The molecule has 4 nitrogen and oxygen atoms in total. The van der Waals surface area contributed by atoms with Gasteiger partial charge in [-0.25, -0.2) is 8.78 Å². The van der Waals surface area contributed by atoms with E-state index in [9.17, 15) is 13.6 Å². The first-order valence-electron chi connectivity index (χ1n) is 11.1. The lowest BCUT2D eigenvalue weighted by molar-refractivity contribution is -0.150. The average molecular weight is 444 g/mol. The minimum atomic E-state index is -0.302. The third kappa shape index (κ3) is 6.16. The van der Waals surface area contributed by atoms with Crippen molar-refractivity contribution in [3.8, 4) is 0 Å². The molecule has 0 spiro atoms. The van der Waals surface area contributed by atoms with E-state index < -0.39 is 0 Å². The van der Waals surface area contributed by atoms with Gasteiger partial charge in [0.05, 0.1) is 18.8 Å². The molecule has 1 fully saturated rings. The minimum absolute atomic E-state index is 0.0847. The van der Waals surface area contributed by atoms with Gasteiger partial charge in [0.15, 0.2) is 0 Å². The minimum Gasteiger partial charge on any atom is -0.499 e. The number of carbonyl (C=O) groups excluding carboxylic acids is 1. The maximum absolute atomic E-state index is 13.7. The number of hydrogen-bond donors (Lipinski definition) is 0. The van der Waals surface area contributed by atoms with E-state index in [0.717, 1.165) is 47.2 Å². The number of likely N-dealkylation sites (tertiary alicyclic amines) is 1. The Morgan fingerprint density at radius 3 is 2.28 bits per heavy atom. The molecule has 0 radical (unpaired) electrons. The van der Waals surface area contributed by atoms with Crippen molar-refractivity contribution in [1.29, 1.82) is 0 Å². The summed E-state index contributed by atoms with van der Waals surface area (Å²) in [5.41, 5.74) is 4.00. The highest BCUT2D eigenvalue weighted by molar-refractivity contribution is 5.82. The summed E-state index contributed by atoms with van der Waals surface area (Å²) >= 11 is 0. The molecule has 0 bridgehead atoms. The van der Waals surface area contributed by atoms with Gasteiger partial charge in [0.1, 0.15) is 18.2 Å². The highest BCUT2D eigenvalue weighted by atomic mass is 19.1. The zero-order chi connectivity index (χ0) is 23.1. The lowest BCUT2D eigenvalue weighted by Crippen LogP contribution is -2.40. The molecule has 2 aromatic rings. The summed E-state index contributed by atoms with van der Waals surface area (Å²) in [6, 6.07) is 9.22. The first-order chi connectivity index (χ1) is 15.4. The molecule has 0 saturated carbocycles. The maximum Gasteiger partial charge on any atom is 0.310 e. The summed E-state index contributed by atoms with van der Waals surface area (Å²) < 4.78 is 38.4. The van der Waals surface area contributed by atoms with Crippen LogP contribution >= 0.6 is 0 Å². The maximum atomic E-state index is 13.7. The monoisotopic (exact) mass is 443 g/mol. The third-order valence-electron chi connectivity index (χ3n) is 5.81. The fourth-order valence-electron chi connectivity index (χ4n) is 4.17. The summed E-state index contributed by atoms with van der Waals surface area (Å²) in [5.74, 6) is -0.815. The molecule has 1 aliphatic rings. The first-order valence-corrected chi connectivity index (χ1v) is 11.1. The second-order valence-electron chi connectivity index (χ2n) is 8.21. The lowest BCUT2D eigenvalue weighted by atomic mass is 9.92. The number of nitrogens with zero attached hydrogens (tertiary/aromatic N) is 1. The number of carbonyl (C=O) groups is 1. The van der Waals surface area contributed by atoms with Crippen molar-refractivity contribution in [3.05, 3.63) is 76.5 Å². The molecule has 1 saturated heterocycles. The van der Waals surface area contributed by atoms with Gasteiger partial charge in [-0.05, 0) is 86.7 Å². The Morgan fingerprint density at radius 2 is 1.72 bits per heavy atom. The predicted molar refractivity (Wildman–Crippen MR) is 121 cm³/mol. The molecule has 0 aliphatic carbocycles. The number of halogens is 2. The number of hydrogen-bond acceptors (Lipinski definition) is 4. The standard InChI is InChI=1S/C26H31F2NO3/c1-4-32-26(30)20-6-5-11-29(16-20)12-13-31-17-25(23-9-7-21(27)14-18(23)2)24-10-8-22(28)15-19(24)3/h7-10,14-15,17,20H,4-6,11-13,16H2,1-3H3/t20-/m1/s1. The highest BCUT2D eigenvalue weighted by Gasteiger charge is 2.26. The molecule has 1 atom stereocenters. The third-order valence-corrected chi connectivity index (χ3v) is 5.81. The van der Waals surface area contributed by atoms with Crippen LogP contribution in [0.4, 0.5) is 8.78 Å². The van der Waals surface area contributed by atoms with E-state index in [2.05, 4.69) is 4.90 Å². The van der Waals surface area contributed by atoms with E-state index >= 15 is 0 Å². The van der Waals surface area contributed by atoms with Crippen molar-refractivity contribution in [2.24, 2.45) is 5.92 Å². The summed E-state index contributed by atoms with van der Waals surface area (Å²) in [6.45, 7) is 8.63. The number of ether oxygens (including phenoxy) is 2. The Balaban J connectivity index is 1.72. The highest BCUT2D eigenvalue weighted by Crippen LogP contribution is 2.29. The van der Waals surface area contributed by atoms with E-state index in [0.29, 0.717) is 26.3 Å². The molecule has 3 rings (SSSR count). The van der Waals surface area contributed by atoms with Crippen LogP contribution < -0.4 is 0 Å². The smallest absolute Gasteiger partial charge is 0.310 e. The van der Waals surface area contributed by atoms with Crippen LogP contribution in [0.25, 0.3) is 5.57 Å². The molecule has 32 heavy (non-hydrogen) atoms. The SMILES string of the molecule is CCOC(=O)[C@@H]1CCCN(CCOC=C(c2ccc(F)cc2C)c2ccc(F)cc2C)C1. The largest absolute Gasteiger partial charge is 0.499 e. The summed E-state index contributed by atoms with van der Waals surface area (Å²) in [6.07, 6.45) is 3.48. The number of aryl methyl sites for hydroxylation is 2. The molecule has 1 heterocycles. The molecular weight excluding hydrogens is 412 g/mol. The van der Waals surface area contributed by atoms with Gasteiger partial charge in [-0.3, -0.25) is 9.69 Å². The summed E-state index contributed by atoms with van der Waals surface area (Å²) in [4.78, 5) is 14.3. The van der Waals surface area contributed by atoms with Crippen molar-refractivity contribution in [3.63, 3.8) is 0 Å². The number of rotatable bonds is 8. The van der Waals surface area contributed by atoms with Crippen molar-refractivity contribution >= 4 is 11.5 Å². The quantitative estimate of drug-likeness (QED) is 0.317. The van der Waals surface area contributed by atoms with Crippen LogP contribution in [-0.2, 0) is 14.3 Å². The Hall–Kier alpha value is -2.73. The molecule has 2 aromatic carbocycles. The molecule has 0 amide bonds. The number of benzene rings is 2. The predicted octanol–water partition coefficient (Wildman–Crippen LogP) is 5.26. The second kappa shape index (κ2) is 11.2. The topological polar surface area (TPSA) is 38.8 Å². The van der Waals surface area contributed by atoms with E-state index in [1.54, 1.807) is 18.4 Å². The van der Waals surface area contributed by atoms with Crippen LogP contribution in [0.15, 0.2) is 42.7 Å². The average Bonchev–Trinajstić information content (AvgIpc) is 2.75. The summed E-state index contributed by atoms with van der Waals surface area (Å²) in [7, 11) is 0. The van der Waals surface area contributed by atoms with Gasteiger partial charge in [-0.1, -0.05) is 12.1 Å². The Kier molecular flexibility index (Phi) is 8.39. The van der Waals surface area contributed by atoms with Gasteiger partial charge >= 0.3 is 5.97 Å². The Morgan fingerprint density at radius 1 is 1.09 bits per heavy atom. The van der Waals surface area contributed by atoms with Gasteiger partial charge in [0.25, 0.3) is 0 Å². The van der Waals surface area contributed by atoms with Gasteiger partial charge in [-0.2, -0.15) is 0 Å². The van der Waals surface area contributed by atoms with Crippen LogP contribution in [0.5, 0.6) is 0 Å². The van der Waals surface area contributed by atoms with Crippen molar-refractivity contribution < 1.29 is 23.0 Å². The van der Waals surface area contributed by atoms with Crippen molar-refractivity contribution in [2.75, 3.05) is 32.8 Å². The Labute approximate surface area is 188 Å².